The van der Waals surface area contributed by atoms with Crippen molar-refractivity contribution >= 4 is 69.2 Å². The minimum Gasteiger partial charge on any atom is -0.228 e. The van der Waals surface area contributed by atoms with E-state index in [4.69, 9.17) is 0 Å². The zero-order chi connectivity index (χ0) is 47.9. The minimum atomic E-state index is 0. The van der Waals surface area contributed by atoms with Crippen molar-refractivity contribution < 1.29 is 0 Å². The Morgan fingerprint density at radius 1 is 0.418 bits per heavy atom. The van der Waals surface area contributed by atoms with Crippen molar-refractivity contribution in [3.63, 3.8) is 0 Å². The van der Waals surface area contributed by atoms with Gasteiger partial charge >= 0.3 is 0 Å². The smallest absolute Gasteiger partial charge is 0.144 e. The zero-order valence-electron chi connectivity index (χ0n) is 41.7. The fourth-order valence-electron chi connectivity index (χ4n) is 2.58. The van der Waals surface area contributed by atoms with Gasteiger partial charge in [-0.25, -0.2) is 9.97 Å². The van der Waals surface area contributed by atoms with E-state index in [-0.39, 0.29) is 52.0 Å². The van der Waals surface area contributed by atoms with Gasteiger partial charge in [0.25, 0.3) is 0 Å². The molecule has 18 heteroatoms. The maximum Gasteiger partial charge on any atom is 0.144 e. The monoisotopic (exact) mass is 1060 g/mol. The van der Waals surface area contributed by atoms with Gasteiger partial charge in [-0.15, -0.1) is 31.7 Å². The number of nitrogens with zero attached hydrogens (tertiary/aromatic N) is 12. The molecule has 6 aromatic heterocycles. The highest BCUT2D eigenvalue weighted by molar-refractivity contribution is 7.09. The van der Waals surface area contributed by atoms with Crippen LogP contribution in [-0.4, -0.2) is 56.8 Å². The molecule has 0 bridgehead atoms. The first-order valence-electron chi connectivity index (χ1n) is 21.4. The van der Waals surface area contributed by atoms with Crippen molar-refractivity contribution in [1.29, 1.82) is 0 Å². The van der Waals surface area contributed by atoms with Crippen LogP contribution < -0.4 is 0 Å². The molecule has 12 nitrogen and oxygen atoms in total. The summed E-state index contributed by atoms with van der Waals surface area (Å²) >= 11 is 8.63. The van der Waals surface area contributed by atoms with Crippen molar-refractivity contribution in [1.82, 2.24) is 56.8 Å². The zero-order valence-corrected chi connectivity index (χ0v) is 46.6. The van der Waals surface area contributed by atoms with E-state index in [9.17, 15) is 0 Å². The number of aromatic nitrogens is 12. The number of hydrogen-bond acceptors (Lipinski definition) is 18. The van der Waals surface area contributed by atoms with Gasteiger partial charge in [-0.3, -0.25) is 0 Å². The summed E-state index contributed by atoms with van der Waals surface area (Å²) in [5.74, 6) is 4.11. The van der Waals surface area contributed by atoms with Gasteiger partial charge in [0.1, 0.15) is 33.2 Å². The topological polar surface area (TPSA) is 155 Å². The van der Waals surface area contributed by atoms with E-state index in [0.29, 0.717) is 35.5 Å². The largest absolute Gasteiger partial charge is 0.228 e. The molecule has 6 aromatic rings. The van der Waals surface area contributed by atoms with Crippen molar-refractivity contribution in [2.45, 2.75) is 254 Å². The lowest BCUT2D eigenvalue weighted by Crippen LogP contribution is -1.87. The Kier molecular flexibility index (Phi) is 109. The summed E-state index contributed by atoms with van der Waals surface area (Å²) in [6.45, 7) is 49.3. The maximum absolute atomic E-state index is 4.05. The van der Waals surface area contributed by atoms with E-state index < -0.39 is 0 Å². The molecule has 6 heterocycles. The van der Waals surface area contributed by atoms with Crippen LogP contribution in [0.15, 0.2) is 35.1 Å². The molecule has 0 aliphatic rings. The molecule has 404 valence electrons. The highest BCUT2D eigenvalue weighted by Crippen LogP contribution is 2.16. The van der Waals surface area contributed by atoms with Crippen LogP contribution in [-0.2, 0) is 0 Å². The van der Waals surface area contributed by atoms with E-state index in [1.165, 1.54) is 62.7 Å². The summed E-state index contributed by atoms with van der Waals surface area (Å²) in [4.78, 5) is 9.30. The fourth-order valence-corrected chi connectivity index (χ4v) is 5.89. The van der Waals surface area contributed by atoms with Crippen LogP contribution in [0.4, 0.5) is 0 Å². The Morgan fingerprint density at radius 2 is 0.925 bits per heavy atom. The second-order valence-electron chi connectivity index (χ2n) is 11.8. The van der Waals surface area contributed by atoms with Crippen LogP contribution in [0.3, 0.4) is 0 Å². The van der Waals surface area contributed by atoms with Crippen LogP contribution in [0, 0.1) is 0 Å². The second kappa shape index (κ2) is 74.9. The average molecular weight is 1060 g/mol. The van der Waals surface area contributed by atoms with Crippen LogP contribution in [0.2, 0.25) is 0 Å². The molecule has 0 saturated heterocycles. The van der Waals surface area contributed by atoms with Gasteiger partial charge in [-0.1, -0.05) is 227 Å². The highest BCUT2D eigenvalue weighted by atomic mass is 32.1. The lowest BCUT2D eigenvalue weighted by Gasteiger charge is -1.92. The Morgan fingerprint density at radius 3 is 1.10 bits per heavy atom. The van der Waals surface area contributed by atoms with Crippen LogP contribution in [0.1, 0.15) is 286 Å². The lowest BCUT2D eigenvalue weighted by atomic mass is 10.2. The van der Waals surface area contributed by atoms with Gasteiger partial charge in [0.2, 0.25) is 0 Å². The van der Waals surface area contributed by atoms with Crippen molar-refractivity contribution in [2.75, 3.05) is 0 Å². The van der Waals surface area contributed by atoms with E-state index in [1.807, 2.05) is 101 Å². The fraction of sp³-hybridized carbons (Fsp3) is 0.755. The summed E-state index contributed by atoms with van der Waals surface area (Å²) in [7, 11) is 0. The molecule has 0 fully saturated rings. The Balaban J connectivity index is -0.0000000445. The van der Waals surface area contributed by atoms with Crippen LogP contribution >= 0.6 is 69.2 Å². The number of rotatable bonds is 6. The molecule has 0 aliphatic carbocycles. The molecule has 0 spiro atoms. The van der Waals surface area contributed by atoms with E-state index >= 15 is 0 Å². The first kappa shape index (κ1) is 97.9. The third-order valence-electron chi connectivity index (χ3n) is 5.52. The first-order chi connectivity index (χ1) is 28.8. The Bertz CT molecular complexity index is 1180. The van der Waals surface area contributed by atoms with Crippen molar-refractivity contribution in [3.05, 3.63) is 67.2 Å². The van der Waals surface area contributed by atoms with Gasteiger partial charge in [-0.2, -0.15) is 17.5 Å². The van der Waals surface area contributed by atoms with Gasteiger partial charge in [-0.05, 0) is 63.9 Å². The molecule has 6 rings (SSSR count). The Labute approximate surface area is 444 Å². The van der Waals surface area contributed by atoms with E-state index in [0.717, 1.165) is 27.2 Å². The van der Waals surface area contributed by atoms with Gasteiger partial charge in [0, 0.05) is 28.0 Å². The molecule has 0 N–H and O–H groups in total. The van der Waals surface area contributed by atoms with Crippen molar-refractivity contribution in [3.8, 4) is 0 Å². The highest BCUT2D eigenvalue weighted by Gasteiger charge is 2.02. The molecule has 0 aliphatic heterocycles. The second-order valence-corrected chi connectivity index (χ2v) is 16.0. The predicted molar refractivity (Wildman–Crippen MR) is 319 cm³/mol. The quantitative estimate of drug-likeness (QED) is 0.156. The van der Waals surface area contributed by atoms with Gasteiger partial charge in [0.15, 0.2) is 0 Å². The lowest BCUT2D eigenvalue weighted by molar-refractivity contribution is 0.799. The molecule has 0 radical (unpaired) electrons. The molecular weight excluding hydrogens is 949 g/mol. The third kappa shape index (κ3) is 59.4. The van der Waals surface area contributed by atoms with Crippen LogP contribution in [0.25, 0.3) is 0 Å². The Hall–Kier alpha value is -2.64. The van der Waals surface area contributed by atoms with Gasteiger partial charge in [0.05, 0.1) is 35.5 Å². The van der Waals surface area contributed by atoms with E-state index in [1.54, 1.807) is 28.7 Å². The third-order valence-corrected chi connectivity index (χ3v) is 9.95. The molecule has 67 heavy (non-hydrogen) atoms. The standard InChI is InChI=1S/6C5H8N2S.6C2H6.7CH4/c1-4(2)5-7-6-3-8-5;1-4(2)5-6-3-8-7-5;1-4(2)5-6-3-7-8-5;1-4(2)5-3-8-7-6-5;1-4(2)5-3-6-7-8-5;1-4(2)5-3-6-8-7-5;6*1-2;;;;;;;/h6*3-4H,1-2H3;6*1-2H3;7*1H4. The van der Waals surface area contributed by atoms with E-state index in [2.05, 4.69) is 140 Å². The molecule has 0 unspecified atom stereocenters. The maximum atomic E-state index is 4.05. The van der Waals surface area contributed by atoms with Crippen LogP contribution in [0.5, 0.6) is 0 Å². The molecule has 0 saturated carbocycles. The first-order valence-corrected chi connectivity index (χ1v) is 26.3. The summed E-state index contributed by atoms with van der Waals surface area (Å²) < 4.78 is 23.3. The SMILES string of the molecule is C.C.C.C.C.C.C.CC.CC.CC.CC.CC.CC.CC(C)c1cnns1.CC(C)c1cnsn1.CC(C)c1csnn1.CC(C)c1ncns1.CC(C)c1ncsn1.CC(C)c1nncs1. The summed E-state index contributed by atoms with van der Waals surface area (Å²) in [6.07, 6.45) is 5.23. The summed E-state index contributed by atoms with van der Waals surface area (Å²) in [5, 5.41) is 19.4. The normalized spacial score (nSPS) is 7.97. The molecule has 0 aromatic carbocycles. The van der Waals surface area contributed by atoms with Gasteiger partial charge < -0.3 is 0 Å². The van der Waals surface area contributed by atoms with Crippen molar-refractivity contribution in [2.24, 2.45) is 0 Å². The molecular formula is C49H112N12S6. The predicted octanol–water partition coefficient (Wildman–Crippen LogP) is 20.6. The average Bonchev–Trinajstić information content (AvgIpc) is 4.14. The summed E-state index contributed by atoms with van der Waals surface area (Å²) in [6, 6.07) is 0. The number of hydrogen-bond donors (Lipinski definition) is 0. The summed E-state index contributed by atoms with van der Waals surface area (Å²) in [5.41, 5.74) is 5.70. The molecule has 0 atom stereocenters. The minimum absolute atomic E-state index is 0. The molecule has 0 amide bonds.